The van der Waals surface area contributed by atoms with Gasteiger partial charge in [0.1, 0.15) is 0 Å². The molecule has 0 spiro atoms. The molecule has 0 bridgehead atoms. The summed E-state index contributed by atoms with van der Waals surface area (Å²) in [4.78, 5) is 17.1. The van der Waals surface area contributed by atoms with Gasteiger partial charge in [-0.3, -0.25) is 4.57 Å². The van der Waals surface area contributed by atoms with Gasteiger partial charge in [0.05, 0.1) is 0 Å². The van der Waals surface area contributed by atoms with Crippen molar-refractivity contribution >= 4 is 11.6 Å². The van der Waals surface area contributed by atoms with Gasteiger partial charge in [-0.15, -0.1) is 0 Å². The number of hydrogen-bond acceptors (Lipinski definition) is 5. The smallest absolute Gasteiger partial charge is 0.358 e. The molecule has 21 heavy (non-hydrogen) atoms. The van der Waals surface area contributed by atoms with Crippen molar-refractivity contribution in [3.05, 3.63) is 15.9 Å². The average Bonchev–Trinajstić information content (AvgIpc) is 2.82. The Bertz CT molecular complexity index is 492. The fourth-order valence-corrected chi connectivity index (χ4v) is 3.05. The first-order chi connectivity index (χ1) is 10.1. The fourth-order valence-electron chi connectivity index (χ4n) is 3.05. The molecule has 2 heterocycles. The number of nitro groups is 1. The Hall–Kier alpha value is -1.63. The summed E-state index contributed by atoms with van der Waals surface area (Å²) in [6, 6.07) is 0. The molecule has 1 aliphatic rings. The van der Waals surface area contributed by atoms with Crippen LogP contribution in [-0.2, 0) is 6.54 Å². The molecule has 1 fully saturated rings. The Balaban J connectivity index is 2.14. The van der Waals surface area contributed by atoms with Gasteiger partial charge in [-0.1, -0.05) is 6.92 Å². The molecule has 0 radical (unpaired) electrons. The monoisotopic (exact) mass is 295 g/mol. The molecule has 0 saturated carbocycles. The summed E-state index contributed by atoms with van der Waals surface area (Å²) in [5.41, 5.74) is 0. The molecule has 2 rings (SSSR count). The van der Waals surface area contributed by atoms with Gasteiger partial charge in [0.2, 0.25) is 11.6 Å². The van der Waals surface area contributed by atoms with Gasteiger partial charge in [0.15, 0.2) is 0 Å². The number of piperidine rings is 1. The fraction of sp³-hybridized carbons (Fsp3) is 0.786. The van der Waals surface area contributed by atoms with Crippen molar-refractivity contribution in [3.8, 4) is 0 Å². The van der Waals surface area contributed by atoms with E-state index < -0.39 is 0 Å². The molecule has 0 unspecified atom stereocenters. The third-order valence-electron chi connectivity index (χ3n) is 4.20. The van der Waals surface area contributed by atoms with Crippen molar-refractivity contribution in [2.24, 2.45) is 5.92 Å². The van der Waals surface area contributed by atoms with Crippen molar-refractivity contribution in [2.75, 3.05) is 31.1 Å². The van der Waals surface area contributed by atoms with Gasteiger partial charge in [-0.25, -0.2) is 0 Å². The van der Waals surface area contributed by atoms with Gasteiger partial charge in [0.25, 0.3) is 0 Å². The maximum Gasteiger partial charge on any atom is 0.406 e. The number of nitrogens with zero attached hydrogens (tertiary/aromatic N) is 4. The summed E-state index contributed by atoms with van der Waals surface area (Å²) in [5.74, 6) is 2.06. The zero-order valence-electron chi connectivity index (χ0n) is 13.1. The van der Waals surface area contributed by atoms with E-state index >= 15 is 0 Å². The third-order valence-corrected chi connectivity index (χ3v) is 4.20. The van der Waals surface area contributed by atoms with Crippen LogP contribution in [0.25, 0.3) is 0 Å². The number of nitrogens with one attached hydrogen (secondary N) is 1. The number of rotatable bonds is 6. The van der Waals surface area contributed by atoms with Gasteiger partial charge in [-0.2, -0.15) is 0 Å². The Kier molecular flexibility index (Phi) is 5.17. The van der Waals surface area contributed by atoms with Crippen LogP contribution in [0.5, 0.6) is 0 Å². The van der Waals surface area contributed by atoms with Crippen LogP contribution in [0.2, 0.25) is 0 Å². The Morgan fingerprint density at radius 2 is 2.05 bits per heavy atom. The quantitative estimate of drug-likeness (QED) is 0.641. The number of hydrogen-bond donors (Lipinski definition) is 1. The van der Waals surface area contributed by atoms with Crippen molar-refractivity contribution in [3.63, 3.8) is 0 Å². The van der Waals surface area contributed by atoms with E-state index in [0.29, 0.717) is 24.1 Å². The van der Waals surface area contributed by atoms with E-state index in [9.17, 15) is 10.1 Å². The van der Waals surface area contributed by atoms with E-state index in [2.05, 4.69) is 22.1 Å². The van der Waals surface area contributed by atoms with Crippen LogP contribution in [0, 0.1) is 23.0 Å². The molecule has 0 aromatic carbocycles. The second kappa shape index (κ2) is 6.89. The predicted octanol–water partition coefficient (Wildman–Crippen LogP) is 1.95. The molecule has 1 aromatic rings. The van der Waals surface area contributed by atoms with Crippen molar-refractivity contribution in [1.29, 1.82) is 0 Å². The highest BCUT2D eigenvalue weighted by Gasteiger charge is 2.31. The third kappa shape index (κ3) is 3.34. The highest BCUT2D eigenvalue weighted by Crippen LogP contribution is 2.32. The van der Waals surface area contributed by atoms with Crippen LogP contribution in [-0.4, -0.2) is 40.7 Å². The van der Waals surface area contributed by atoms with E-state index in [-0.39, 0.29) is 10.7 Å². The second-order valence-corrected chi connectivity index (χ2v) is 5.55. The molecule has 1 saturated heterocycles. The molecule has 1 aromatic heterocycles. The average molecular weight is 295 g/mol. The highest BCUT2D eigenvalue weighted by molar-refractivity contribution is 5.56. The first kappa shape index (κ1) is 15.8. The zero-order valence-corrected chi connectivity index (χ0v) is 13.1. The first-order valence-electron chi connectivity index (χ1n) is 7.75. The van der Waals surface area contributed by atoms with Crippen LogP contribution in [0.15, 0.2) is 0 Å². The summed E-state index contributed by atoms with van der Waals surface area (Å²) < 4.78 is 1.95. The largest absolute Gasteiger partial charge is 0.406 e. The summed E-state index contributed by atoms with van der Waals surface area (Å²) in [6.07, 6.45) is 2.14. The van der Waals surface area contributed by atoms with Crippen molar-refractivity contribution in [2.45, 2.75) is 40.2 Å². The zero-order chi connectivity index (χ0) is 15.4. The lowest BCUT2D eigenvalue weighted by Crippen LogP contribution is -2.38. The Morgan fingerprint density at radius 1 is 1.38 bits per heavy atom. The molecular weight excluding hydrogens is 270 g/mol. The SMILES string of the molecule is CCNCC1CCN(c2c([N+](=O)[O-])nc(C)n2CC)CC1. The lowest BCUT2D eigenvalue weighted by Gasteiger charge is -2.33. The van der Waals surface area contributed by atoms with E-state index in [0.717, 1.165) is 39.0 Å². The maximum absolute atomic E-state index is 11.2. The lowest BCUT2D eigenvalue weighted by molar-refractivity contribution is -0.388. The van der Waals surface area contributed by atoms with E-state index in [1.54, 1.807) is 0 Å². The minimum absolute atomic E-state index is 0.000479. The first-order valence-corrected chi connectivity index (χ1v) is 7.75. The lowest BCUT2D eigenvalue weighted by atomic mass is 9.97. The van der Waals surface area contributed by atoms with Crippen LogP contribution < -0.4 is 10.2 Å². The van der Waals surface area contributed by atoms with Crippen LogP contribution >= 0.6 is 0 Å². The van der Waals surface area contributed by atoms with Crippen molar-refractivity contribution in [1.82, 2.24) is 14.9 Å². The summed E-state index contributed by atoms with van der Waals surface area (Å²) in [7, 11) is 0. The highest BCUT2D eigenvalue weighted by atomic mass is 16.6. The molecular formula is C14H25N5O2. The van der Waals surface area contributed by atoms with E-state index in [4.69, 9.17) is 0 Å². The minimum atomic E-state index is -0.362. The standard InChI is InChI=1S/C14H25N5O2/c1-4-15-10-12-6-8-17(9-7-12)14-13(19(20)21)16-11(3)18(14)5-2/h12,15H,4-10H2,1-3H3. The Labute approximate surface area is 125 Å². The van der Waals surface area contributed by atoms with Crippen LogP contribution in [0.3, 0.4) is 0 Å². The Morgan fingerprint density at radius 3 is 2.57 bits per heavy atom. The molecule has 1 aliphatic heterocycles. The molecule has 7 heteroatoms. The van der Waals surface area contributed by atoms with E-state index in [1.807, 2.05) is 18.4 Å². The maximum atomic E-state index is 11.2. The normalized spacial score (nSPS) is 16.4. The van der Waals surface area contributed by atoms with Gasteiger partial charge in [0, 0.05) is 26.6 Å². The topological polar surface area (TPSA) is 76.2 Å². The molecule has 7 nitrogen and oxygen atoms in total. The van der Waals surface area contributed by atoms with Crippen molar-refractivity contribution < 1.29 is 4.92 Å². The number of imidazole rings is 1. The molecule has 0 aliphatic carbocycles. The summed E-state index contributed by atoms with van der Waals surface area (Å²) >= 11 is 0. The van der Waals surface area contributed by atoms with Gasteiger partial charge >= 0.3 is 5.82 Å². The van der Waals surface area contributed by atoms with Gasteiger partial charge in [-0.05, 0) is 48.7 Å². The number of aromatic nitrogens is 2. The summed E-state index contributed by atoms with van der Waals surface area (Å²) in [5, 5.41) is 14.6. The molecule has 0 amide bonds. The van der Waals surface area contributed by atoms with E-state index in [1.165, 1.54) is 0 Å². The predicted molar refractivity (Wildman–Crippen MR) is 82.8 cm³/mol. The minimum Gasteiger partial charge on any atom is -0.358 e. The second-order valence-electron chi connectivity index (χ2n) is 5.55. The van der Waals surface area contributed by atoms with Crippen LogP contribution in [0.1, 0.15) is 32.5 Å². The molecule has 118 valence electrons. The number of anilines is 1. The molecule has 0 atom stereocenters. The van der Waals surface area contributed by atoms with Gasteiger partial charge < -0.3 is 20.3 Å². The number of aryl methyl sites for hydroxylation is 1. The summed E-state index contributed by atoms with van der Waals surface area (Å²) in [6.45, 7) is 10.4. The van der Waals surface area contributed by atoms with Crippen LogP contribution in [0.4, 0.5) is 11.6 Å². The molecule has 1 N–H and O–H groups in total.